The number of hydrazone groups is 1. The average Bonchev–Trinajstić information content (AvgIpc) is 3.33. The van der Waals surface area contributed by atoms with E-state index < -0.39 is 0 Å². The zero-order chi connectivity index (χ0) is 22.3. The summed E-state index contributed by atoms with van der Waals surface area (Å²) in [5.41, 5.74) is 6.29. The molecule has 9 heteroatoms. The molecule has 1 amide bonds. The minimum atomic E-state index is -0.103. The second-order valence-corrected chi connectivity index (χ2v) is 7.54. The number of amides is 1. The Balaban J connectivity index is 1.54. The summed E-state index contributed by atoms with van der Waals surface area (Å²) in [7, 11) is 0. The molecule has 3 aromatic rings. The topological polar surface area (TPSA) is 107 Å². The van der Waals surface area contributed by atoms with Crippen molar-refractivity contribution < 1.29 is 4.79 Å². The van der Waals surface area contributed by atoms with Crippen molar-refractivity contribution in [3.63, 3.8) is 0 Å². The number of carbonyl (C=O) groups is 1. The van der Waals surface area contributed by atoms with Gasteiger partial charge in [0.1, 0.15) is 0 Å². The van der Waals surface area contributed by atoms with Crippen LogP contribution in [-0.2, 0) is 4.79 Å². The third-order valence-electron chi connectivity index (χ3n) is 4.99. The van der Waals surface area contributed by atoms with Gasteiger partial charge in [-0.05, 0) is 49.6 Å². The van der Waals surface area contributed by atoms with Crippen molar-refractivity contribution in [3.8, 4) is 0 Å². The van der Waals surface area contributed by atoms with E-state index in [1.54, 1.807) is 0 Å². The zero-order valence-corrected chi connectivity index (χ0v) is 18.2. The molecule has 164 valence electrons. The number of nitrogens with zero attached hydrogens (tertiary/aromatic N) is 5. The van der Waals surface area contributed by atoms with Gasteiger partial charge in [-0.1, -0.05) is 30.3 Å². The van der Waals surface area contributed by atoms with E-state index in [-0.39, 0.29) is 5.91 Å². The Hall–Kier alpha value is -4.01. The first-order valence-corrected chi connectivity index (χ1v) is 10.6. The molecular formula is C23H26N8O. The number of benzene rings is 2. The molecule has 4 rings (SSSR count). The highest BCUT2D eigenvalue weighted by Crippen LogP contribution is 2.21. The minimum absolute atomic E-state index is 0.103. The summed E-state index contributed by atoms with van der Waals surface area (Å²) < 4.78 is 0. The monoisotopic (exact) mass is 430 g/mol. The second-order valence-electron chi connectivity index (χ2n) is 7.54. The van der Waals surface area contributed by atoms with Gasteiger partial charge in [0.05, 0.1) is 5.71 Å². The maximum atomic E-state index is 11.2. The SMILES string of the molecule is CC(=O)Nc1ccc(/C(C)=N/Nc2nc(Nc3ccccc3)nc(N3CCCC3)n2)cc1. The highest BCUT2D eigenvalue weighted by Gasteiger charge is 2.17. The third kappa shape index (κ3) is 5.57. The highest BCUT2D eigenvalue weighted by atomic mass is 16.1. The third-order valence-corrected chi connectivity index (χ3v) is 4.99. The Labute approximate surface area is 187 Å². The van der Waals surface area contributed by atoms with Crippen molar-refractivity contribution in [2.24, 2.45) is 5.10 Å². The quantitative estimate of drug-likeness (QED) is 0.384. The molecule has 1 fully saturated rings. The zero-order valence-electron chi connectivity index (χ0n) is 18.2. The van der Waals surface area contributed by atoms with Crippen molar-refractivity contribution in [1.82, 2.24) is 15.0 Å². The number of nitrogens with one attached hydrogen (secondary N) is 3. The van der Waals surface area contributed by atoms with Crippen LogP contribution in [0.3, 0.4) is 0 Å². The lowest BCUT2D eigenvalue weighted by Crippen LogP contribution is -2.22. The van der Waals surface area contributed by atoms with Gasteiger partial charge in [-0.3, -0.25) is 4.79 Å². The number of aromatic nitrogens is 3. The van der Waals surface area contributed by atoms with E-state index >= 15 is 0 Å². The Morgan fingerprint density at radius 2 is 1.56 bits per heavy atom. The molecule has 1 saturated heterocycles. The summed E-state index contributed by atoms with van der Waals surface area (Å²) in [5.74, 6) is 1.36. The van der Waals surface area contributed by atoms with Crippen LogP contribution < -0.4 is 21.0 Å². The maximum Gasteiger partial charge on any atom is 0.250 e. The molecule has 2 aromatic carbocycles. The molecule has 0 spiro atoms. The van der Waals surface area contributed by atoms with E-state index in [0.717, 1.165) is 48.6 Å². The van der Waals surface area contributed by atoms with Gasteiger partial charge in [0.25, 0.3) is 0 Å². The van der Waals surface area contributed by atoms with Crippen LogP contribution in [0.25, 0.3) is 0 Å². The summed E-state index contributed by atoms with van der Waals surface area (Å²) in [4.78, 5) is 27.0. The molecule has 3 N–H and O–H groups in total. The molecule has 1 aromatic heterocycles. The first kappa shape index (κ1) is 21.2. The number of carbonyl (C=O) groups excluding carboxylic acids is 1. The summed E-state index contributed by atoms with van der Waals surface area (Å²) in [6, 6.07) is 17.3. The fourth-order valence-corrected chi connectivity index (χ4v) is 3.38. The highest BCUT2D eigenvalue weighted by molar-refractivity contribution is 5.99. The van der Waals surface area contributed by atoms with Gasteiger partial charge in [-0.15, -0.1) is 0 Å². The fraction of sp³-hybridized carbons (Fsp3) is 0.261. The van der Waals surface area contributed by atoms with Crippen LogP contribution in [0.2, 0.25) is 0 Å². The van der Waals surface area contributed by atoms with E-state index in [4.69, 9.17) is 0 Å². The van der Waals surface area contributed by atoms with Crippen molar-refractivity contribution in [1.29, 1.82) is 0 Å². The lowest BCUT2D eigenvalue weighted by atomic mass is 10.1. The summed E-state index contributed by atoms with van der Waals surface area (Å²) in [6.45, 7) is 5.23. The molecule has 0 aliphatic carbocycles. The maximum absolute atomic E-state index is 11.2. The summed E-state index contributed by atoms with van der Waals surface area (Å²) in [5, 5.41) is 10.4. The van der Waals surface area contributed by atoms with E-state index in [1.807, 2.05) is 61.5 Å². The molecule has 2 heterocycles. The Morgan fingerprint density at radius 3 is 2.25 bits per heavy atom. The van der Waals surface area contributed by atoms with E-state index in [9.17, 15) is 4.79 Å². The van der Waals surface area contributed by atoms with Gasteiger partial charge in [-0.2, -0.15) is 20.1 Å². The van der Waals surface area contributed by atoms with Crippen LogP contribution in [0.5, 0.6) is 0 Å². The van der Waals surface area contributed by atoms with Gasteiger partial charge in [-0.25, -0.2) is 5.43 Å². The van der Waals surface area contributed by atoms with Crippen LogP contribution in [0.4, 0.5) is 29.2 Å². The molecule has 32 heavy (non-hydrogen) atoms. The first-order chi connectivity index (χ1) is 15.6. The summed E-state index contributed by atoms with van der Waals surface area (Å²) in [6.07, 6.45) is 2.25. The largest absolute Gasteiger partial charge is 0.341 e. The lowest BCUT2D eigenvalue weighted by Gasteiger charge is -2.16. The molecule has 9 nitrogen and oxygen atoms in total. The normalized spacial score (nSPS) is 13.7. The van der Waals surface area contributed by atoms with Crippen LogP contribution in [0, 0.1) is 0 Å². The van der Waals surface area contributed by atoms with Gasteiger partial charge >= 0.3 is 0 Å². The number of hydrogen-bond acceptors (Lipinski definition) is 8. The predicted octanol–water partition coefficient (Wildman–Crippen LogP) is 4.01. The molecule has 0 unspecified atom stereocenters. The minimum Gasteiger partial charge on any atom is -0.341 e. The van der Waals surface area contributed by atoms with Crippen LogP contribution >= 0.6 is 0 Å². The molecule has 0 bridgehead atoms. The Morgan fingerprint density at radius 1 is 0.875 bits per heavy atom. The average molecular weight is 431 g/mol. The Kier molecular flexibility index (Phi) is 6.54. The molecular weight excluding hydrogens is 404 g/mol. The Bertz CT molecular complexity index is 1090. The number of para-hydroxylation sites is 1. The van der Waals surface area contributed by atoms with Crippen molar-refractivity contribution in [2.75, 3.05) is 34.0 Å². The lowest BCUT2D eigenvalue weighted by molar-refractivity contribution is -0.114. The van der Waals surface area contributed by atoms with Gasteiger partial charge in [0, 0.05) is 31.4 Å². The number of hydrogen-bond donors (Lipinski definition) is 3. The summed E-state index contributed by atoms with van der Waals surface area (Å²) >= 11 is 0. The standard InChI is InChI=1S/C23H26N8O/c1-16(18-10-12-20(13-11-18)24-17(2)32)29-30-22-26-21(25-19-8-4-3-5-9-19)27-23(28-22)31-14-6-7-15-31/h3-5,8-13H,6-7,14-15H2,1-2H3,(H,24,32)(H2,25,26,27,28,30)/b29-16+. The molecule has 1 aliphatic rings. The predicted molar refractivity (Wildman–Crippen MR) is 128 cm³/mol. The van der Waals surface area contributed by atoms with Gasteiger partial charge < -0.3 is 15.5 Å². The molecule has 1 aliphatic heterocycles. The number of rotatable bonds is 7. The van der Waals surface area contributed by atoms with E-state index in [1.165, 1.54) is 6.92 Å². The molecule has 0 saturated carbocycles. The van der Waals surface area contributed by atoms with E-state index in [2.05, 4.69) is 41.0 Å². The van der Waals surface area contributed by atoms with Crippen LogP contribution in [0.15, 0.2) is 59.7 Å². The first-order valence-electron chi connectivity index (χ1n) is 10.6. The van der Waals surface area contributed by atoms with Crippen molar-refractivity contribution in [2.45, 2.75) is 26.7 Å². The molecule has 0 atom stereocenters. The fourth-order valence-electron chi connectivity index (χ4n) is 3.38. The van der Waals surface area contributed by atoms with Crippen LogP contribution in [0.1, 0.15) is 32.3 Å². The molecule has 0 radical (unpaired) electrons. The van der Waals surface area contributed by atoms with Crippen LogP contribution in [-0.4, -0.2) is 39.7 Å². The second kappa shape index (κ2) is 9.86. The smallest absolute Gasteiger partial charge is 0.250 e. The van der Waals surface area contributed by atoms with Gasteiger partial charge in [0.2, 0.25) is 23.8 Å². The van der Waals surface area contributed by atoms with Crippen molar-refractivity contribution in [3.05, 3.63) is 60.2 Å². The number of anilines is 5. The van der Waals surface area contributed by atoms with E-state index in [0.29, 0.717) is 17.8 Å². The van der Waals surface area contributed by atoms with Gasteiger partial charge in [0.15, 0.2) is 0 Å². The van der Waals surface area contributed by atoms with Crippen molar-refractivity contribution >= 4 is 40.8 Å².